The fourth-order valence-corrected chi connectivity index (χ4v) is 7.16. The SMILES string of the molecule is CC(=O)OC[C@@H]1CC[C@@H]2[C@@H]3CCC4=CC(=O)CC[C@]4(C)[C@H]3CC[C@]12C. The molecular weight excluding hydrogens is 312 g/mol. The van der Waals surface area contributed by atoms with Crippen LogP contribution in [0.3, 0.4) is 0 Å². The molecule has 25 heavy (non-hydrogen) atoms. The van der Waals surface area contributed by atoms with Crippen molar-refractivity contribution in [3.05, 3.63) is 11.6 Å². The molecule has 4 rings (SSSR count). The van der Waals surface area contributed by atoms with Crippen molar-refractivity contribution in [1.29, 1.82) is 0 Å². The van der Waals surface area contributed by atoms with E-state index in [0.717, 1.165) is 37.0 Å². The molecule has 0 aromatic heterocycles. The molecule has 0 amide bonds. The summed E-state index contributed by atoms with van der Waals surface area (Å²) in [5, 5.41) is 0. The second-order valence-electron chi connectivity index (χ2n) is 9.59. The van der Waals surface area contributed by atoms with Crippen LogP contribution in [-0.4, -0.2) is 18.4 Å². The van der Waals surface area contributed by atoms with Crippen LogP contribution in [0.5, 0.6) is 0 Å². The maximum Gasteiger partial charge on any atom is 0.302 e. The van der Waals surface area contributed by atoms with E-state index >= 15 is 0 Å². The molecular formula is C22H32O3. The zero-order valence-corrected chi connectivity index (χ0v) is 16.0. The van der Waals surface area contributed by atoms with Crippen molar-refractivity contribution in [2.75, 3.05) is 6.61 Å². The number of ketones is 1. The molecule has 138 valence electrons. The monoisotopic (exact) mass is 344 g/mol. The van der Waals surface area contributed by atoms with Crippen LogP contribution in [0.1, 0.15) is 72.1 Å². The maximum absolute atomic E-state index is 11.9. The average Bonchev–Trinajstić information content (AvgIpc) is 2.90. The van der Waals surface area contributed by atoms with Crippen molar-refractivity contribution in [3.63, 3.8) is 0 Å². The number of rotatable bonds is 2. The van der Waals surface area contributed by atoms with Gasteiger partial charge < -0.3 is 4.74 Å². The second-order valence-corrected chi connectivity index (χ2v) is 9.59. The predicted molar refractivity (Wildman–Crippen MR) is 96.8 cm³/mol. The number of ether oxygens (including phenoxy) is 1. The number of hydrogen-bond donors (Lipinski definition) is 0. The molecule has 3 saturated carbocycles. The minimum atomic E-state index is -0.146. The Bertz CT molecular complexity index is 621. The summed E-state index contributed by atoms with van der Waals surface area (Å²) < 4.78 is 5.41. The fraction of sp³-hybridized carbons (Fsp3) is 0.818. The lowest BCUT2D eigenvalue weighted by atomic mass is 9.47. The van der Waals surface area contributed by atoms with Gasteiger partial charge in [-0.15, -0.1) is 0 Å². The molecule has 0 N–H and O–H groups in total. The highest BCUT2D eigenvalue weighted by atomic mass is 16.5. The van der Waals surface area contributed by atoms with Crippen LogP contribution in [0.15, 0.2) is 11.6 Å². The Kier molecular flexibility index (Phi) is 4.12. The Hall–Kier alpha value is -1.12. The molecule has 0 aliphatic heterocycles. The van der Waals surface area contributed by atoms with E-state index in [9.17, 15) is 9.59 Å². The van der Waals surface area contributed by atoms with Gasteiger partial charge in [-0.25, -0.2) is 0 Å². The lowest BCUT2D eigenvalue weighted by Crippen LogP contribution is -2.50. The summed E-state index contributed by atoms with van der Waals surface area (Å²) in [5.74, 6) is 3.02. The summed E-state index contributed by atoms with van der Waals surface area (Å²) in [6.45, 7) is 7.03. The highest BCUT2D eigenvalue weighted by molar-refractivity contribution is 5.91. The van der Waals surface area contributed by atoms with Gasteiger partial charge in [0.1, 0.15) is 0 Å². The van der Waals surface area contributed by atoms with Crippen molar-refractivity contribution >= 4 is 11.8 Å². The van der Waals surface area contributed by atoms with Gasteiger partial charge in [0.2, 0.25) is 0 Å². The van der Waals surface area contributed by atoms with Crippen LogP contribution in [0.25, 0.3) is 0 Å². The molecule has 3 nitrogen and oxygen atoms in total. The highest BCUT2D eigenvalue weighted by Gasteiger charge is 2.58. The first-order valence-electron chi connectivity index (χ1n) is 10.2. The lowest BCUT2D eigenvalue weighted by molar-refractivity contribution is -0.144. The van der Waals surface area contributed by atoms with E-state index in [2.05, 4.69) is 13.8 Å². The van der Waals surface area contributed by atoms with Crippen molar-refractivity contribution in [1.82, 2.24) is 0 Å². The first-order chi connectivity index (χ1) is 11.8. The first kappa shape index (κ1) is 17.3. The van der Waals surface area contributed by atoms with Crippen LogP contribution in [0.2, 0.25) is 0 Å². The summed E-state index contributed by atoms with van der Waals surface area (Å²) >= 11 is 0. The molecule has 3 fully saturated rings. The van der Waals surface area contributed by atoms with Crippen LogP contribution in [0.4, 0.5) is 0 Å². The van der Waals surface area contributed by atoms with Gasteiger partial charge in [-0.1, -0.05) is 19.4 Å². The van der Waals surface area contributed by atoms with Gasteiger partial charge in [-0.3, -0.25) is 9.59 Å². The van der Waals surface area contributed by atoms with E-state index < -0.39 is 0 Å². The third-order valence-corrected chi connectivity index (χ3v) is 8.65. The fourth-order valence-electron chi connectivity index (χ4n) is 7.16. The number of hydrogen-bond acceptors (Lipinski definition) is 3. The third kappa shape index (κ3) is 2.61. The van der Waals surface area contributed by atoms with Gasteiger partial charge in [-0.05, 0) is 85.5 Å². The summed E-state index contributed by atoms with van der Waals surface area (Å²) in [6.07, 6.45) is 11.2. The minimum Gasteiger partial charge on any atom is -0.466 e. The van der Waals surface area contributed by atoms with Crippen LogP contribution >= 0.6 is 0 Å². The third-order valence-electron chi connectivity index (χ3n) is 8.65. The van der Waals surface area contributed by atoms with Crippen LogP contribution in [0, 0.1) is 34.5 Å². The van der Waals surface area contributed by atoms with Gasteiger partial charge in [0, 0.05) is 13.3 Å². The summed E-state index contributed by atoms with van der Waals surface area (Å²) in [7, 11) is 0. The number of carbonyl (C=O) groups excluding carboxylic acids is 2. The number of fused-ring (bicyclic) bond motifs is 5. The highest BCUT2D eigenvalue weighted by Crippen LogP contribution is 2.66. The van der Waals surface area contributed by atoms with Crippen molar-refractivity contribution in [2.24, 2.45) is 34.5 Å². The first-order valence-corrected chi connectivity index (χ1v) is 10.2. The van der Waals surface area contributed by atoms with Gasteiger partial charge in [0.15, 0.2) is 5.78 Å². The largest absolute Gasteiger partial charge is 0.466 e. The van der Waals surface area contributed by atoms with Crippen LogP contribution in [-0.2, 0) is 14.3 Å². The molecule has 6 atom stereocenters. The molecule has 0 aromatic rings. The molecule has 0 radical (unpaired) electrons. The lowest BCUT2D eigenvalue weighted by Gasteiger charge is -2.58. The molecule has 0 aromatic carbocycles. The zero-order valence-electron chi connectivity index (χ0n) is 16.0. The van der Waals surface area contributed by atoms with E-state index in [-0.39, 0.29) is 11.4 Å². The van der Waals surface area contributed by atoms with Crippen molar-refractivity contribution in [3.8, 4) is 0 Å². The van der Waals surface area contributed by atoms with E-state index in [0.29, 0.717) is 23.7 Å². The normalized spacial score (nSPS) is 45.9. The summed E-state index contributed by atoms with van der Waals surface area (Å²) in [4.78, 5) is 23.2. The summed E-state index contributed by atoms with van der Waals surface area (Å²) in [6, 6.07) is 0. The Morgan fingerprint density at radius 2 is 1.92 bits per heavy atom. The Morgan fingerprint density at radius 3 is 2.68 bits per heavy atom. The van der Waals surface area contributed by atoms with Gasteiger partial charge in [-0.2, -0.15) is 0 Å². The summed E-state index contributed by atoms with van der Waals surface area (Å²) in [5.41, 5.74) is 2.04. The number of carbonyl (C=O) groups is 2. The van der Waals surface area contributed by atoms with E-state index in [1.165, 1.54) is 44.6 Å². The Balaban J connectivity index is 1.57. The average molecular weight is 344 g/mol. The molecule has 0 spiro atoms. The van der Waals surface area contributed by atoms with E-state index in [1.54, 1.807) is 0 Å². The molecule has 0 saturated heterocycles. The molecule has 0 heterocycles. The number of allylic oxidation sites excluding steroid dienone is 1. The second kappa shape index (κ2) is 5.96. The predicted octanol–water partition coefficient (Wildman–Crippen LogP) is 4.70. The van der Waals surface area contributed by atoms with Gasteiger partial charge >= 0.3 is 5.97 Å². The smallest absolute Gasteiger partial charge is 0.302 e. The topological polar surface area (TPSA) is 43.4 Å². The number of esters is 1. The van der Waals surface area contributed by atoms with E-state index in [4.69, 9.17) is 4.74 Å². The standard InChI is InChI=1S/C22H32O3/c1-14(23)25-13-16-5-7-19-18-6-4-15-12-17(24)8-10-21(15,2)20(18)9-11-22(16,19)3/h12,16,18-20H,4-11,13H2,1-3H3/t16-,18-,19+,20-,21-,22+/m0/s1. The van der Waals surface area contributed by atoms with Crippen molar-refractivity contribution < 1.29 is 14.3 Å². The van der Waals surface area contributed by atoms with Gasteiger partial charge in [0.05, 0.1) is 6.61 Å². The molecule has 4 aliphatic rings. The Labute approximate surface area is 151 Å². The zero-order chi connectivity index (χ0) is 17.8. The quantitative estimate of drug-likeness (QED) is 0.682. The molecule has 0 bridgehead atoms. The van der Waals surface area contributed by atoms with E-state index in [1.807, 2.05) is 6.08 Å². The molecule has 3 heteroatoms. The van der Waals surface area contributed by atoms with Crippen LogP contribution < -0.4 is 0 Å². The minimum absolute atomic E-state index is 0.146. The Morgan fingerprint density at radius 1 is 1.12 bits per heavy atom. The molecule has 0 unspecified atom stereocenters. The maximum atomic E-state index is 11.9. The molecule has 4 aliphatic carbocycles. The van der Waals surface area contributed by atoms with Gasteiger partial charge in [0.25, 0.3) is 0 Å². The van der Waals surface area contributed by atoms with Crippen molar-refractivity contribution in [2.45, 2.75) is 72.1 Å².